The fraction of sp³-hybridized carbons (Fsp3) is 0.450. The molecule has 0 bridgehead atoms. The second-order valence-corrected chi connectivity index (χ2v) is 7.43. The first-order chi connectivity index (χ1) is 12.5. The van der Waals surface area contributed by atoms with E-state index in [9.17, 15) is 5.11 Å². The number of benzene rings is 1. The third-order valence-corrected chi connectivity index (χ3v) is 5.24. The lowest BCUT2D eigenvalue weighted by atomic mass is 10.00. The third-order valence-electron chi connectivity index (χ3n) is 5.24. The third kappa shape index (κ3) is 2.65. The van der Waals surface area contributed by atoms with Gasteiger partial charge in [0.25, 0.3) is 0 Å². The zero-order chi connectivity index (χ0) is 18.4. The Hall–Kier alpha value is -2.47. The number of aryl methyl sites for hydroxylation is 2. The standard InChI is InChI=1S/C20H25N5O/c1-12(2)18-19-23-16-10-15(11-26)13(3)9-17(16)24(19)7-8-25(18)20-21-6-5-14(4)22-20/h5-6,9-10,12,18,26H,7-8,11H2,1-4H3/t18-/m1/s1. The van der Waals surface area contributed by atoms with E-state index in [1.807, 2.05) is 32.2 Å². The molecule has 2 aromatic heterocycles. The minimum atomic E-state index is 0.0425. The van der Waals surface area contributed by atoms with Gasteiger partial charge in [0.05, 0.1) is 23.7 Å². The number of anilines is 1. The molecule has 1 aliphatic heterocycles. The summed E-state index contributed by atoms with van der Waals surface area (Å²) in [5.41, 5.74) is 5.11. The van der Waals surface area contributed by atoms with Gasteiger partial charge in [0.15, 0.2) is 0 Å². The molecule has 0 aliphatic carbocycles. The fourth-order valence-corrected chi connectivity index (χ4v) is 3.91. The quantitative estimate of drug-likeness (QED) is 0.785. The zero-order valence-corrected chi connectivity index (χ0v) is 15.8. The number of fused-ring (bicyclic) bond motifs is 3. The minimum absolute atomic E-state index is 0.0425. The molecule has 136 valence electrons. The average Bonchev–Trinajstić information content (AvgIpc) is 2.97. The molecule has 3 heterocycles. The van der Waals surface area contributed by atoms with E-state index in [0.29, 0.717) is 5.92 Å². The van der Waals surface area contributed by atoms with Gasteiger partial charge >= 0.3 is 0 Å². The number of aliphatic hydroxyl groups excluding tert-OH is 1. The summed E-state index contributed by atoms with van der Waals surface area (Å²) in [5, 5.41) is 9.58. The molecule has 4 rings (SSSR count). The lowest BCUT2D eigenvalue weighted by Crippen LogP contribution is -2.41. The number of hydrogen-bond acceptors (Lipinski definition) is 5. The van der Waals surface area contributed by atoms with Crippen LogP contribution in [0.1, 0.15) is 42.5 Å². The Labute approximate surface area is 153 Å². The van der Waals surface area contributed by atoms with Crippen LogP contribution >= 0.6 is 0 Å². The molecule has 0 amide bonds. The van der Waals surface area contributed by atoms with Crippen molar-refractivity contribution < 1.29 is 5.11 Å². The average molecular weight is 351 g/mol. The van der Waals surface area contributed by atoms with Gasteiger partial charge in [0, 0.05) is 25.0 Å². The van der Waals surface area contributed by atoms with E-state index in [4.69, 9.17) is 4.98 Å². The van der Waals surface area contributed by atoms with Gasteiger partial charge in [-0.2, -0.15) is 0 Å². The maximum absolute atomic E-state index is 9.58. The van der Waals surface area contributed by atoms with E-state index in [1.54, 1.807) is 0 Å². The summed E-state index contributed by atoms with van der Waals surface area (Å²) in [5.74, 6) is 2.20. The largest absolute Gasteiger partial charge is 0.392 e. The van der Waals surface area contributed by atoms with E-state index >= 15 is 0 Å². The van der Waals surface area contributed by atoms with Crippen molar-refractivity contribution in [2.24, 2.45) is 5.92 Å². The van der Waals surface area contributed by atoms with Crippen LogP contribution in [0.4, 0.5) is 5.95 Å². The summed E-state index contributed by atoms with van der Waals surface area (Å²) in [7, 11) is 0. The van der Waals surface area contributed by atoms with Crippen molar-refractivity contribution in [3.8, 4) is 0 Å². The van der Waals surface area contributed by atoms with Crippen molar-refractivity contribution in [3.05, 3.63) is 47.0 Å². The van der Waals surface area contributed by atoms with Crippen molar-refractivity contribution in [2.75, 3.05) is 11.4 Å². The molecule has 26 heavy (non-hydrogen) atoms. The maximum Gasteiger partial charge on any atom is 0.226 e. The summed E-state index contributed by atoms with van der Waals surface area (Å²) in [4.78, 5) is 16.4. The van der Waals surface area contributed by atoms with E-state index in [-0.39, 0.29) is 12.6 Å². The van der Waals surface area contributed by atoms with Crippen molar-refractivity contribution in [3.63, 3.8) is 0 Å². The number of rotatable bonds is 3. The molecule has 1 atom stereocenters. The normalized spacial score (nSPS) is 17.2. The predicted molar refractivity (Wildman–Crippen MR) is 102 cm³/mol. The molecule has 6 nitrogen and oxygen atoms in total. The molecule has 0 saturated heterocycles. The van der Waals surface area contributed by atoms with Crippen LogP contribution in [0.5, 0.6) is 0 Å². The Balaban J connectivity index is 1.86. The van der Waals surface area contributed by atoms with Gasteiger partial charge in [-0.05, 0) is 49.1 Å². The number of aliphatic hydroxyl groups is 1. The smallest absolute Gasteiger partial charge is 0.226 e. The Bertz CT molecular complexity index is 962. The van der Waals surface area contributed by atoms with E-state index < -0.39 is 0 Å². The van der Waals surface area contributed by atoms with Crippen LogP contribution in [-0.2, 0) is 13.2 Å². The summed E-state index contributed by atoms with van der Waals surface area (Å²) in [6, 6.07) is 6.21. The van der Waals surface area contributed by atoms with Crippen molar-refractivity contribution in [1.82, 2.24) is 19.5 Å². The first kappa shape index (κ1) is 17.0. The SMILES string of the molecule is Cc1ccnc(N2CCn3c(nc4cc(CO)c(C)cc43)[C@H]2C(C)C)n1. The molecule has 0 saturated carbocycles. The minimum Gasteiger partial charge on any atom is -0.392 e. The Morgan fingerprint density at radius 3 is 2.69 bits per heavy atom. The van der Waals surface area contributed by atoms with Gasteiger partial charge in [-0.1, -0.05) is 13.8 Å². The molecule has 0 spiro atoms. The molecule has 1 N–H and O–H groups in total. The molecule has 6 heteroatoms. The Morgan fingerprint density at radius 1 is 1.19 bits per heavy atom. The van der Waals surface area contributed by atoms with E-state index in [0.717, 1.165) is 52.7 Å². The topological polar surface area (TPSA) is 67.1 Å². The van der Waals surface area contributed by atoms with Gasteiger partial charge in [0.2, 0.25) is 5.95 Å². The second-order valence-electron chi connectivity index (χ2n) is 7.43. The van der Waals surface area contributed by atoms with Crippen LogP contribution in [0.3, 0.4) is 0 Å². The Morgan fingerprint density at radius 2 is 2.00 bits per heavy atom. The monoisotopic (exact) mass is 351 g/mol. The van der Waals surface area contributed by atoms with Crippen LogP contribution in [0.25, 0.3) is 11.0 Å². The van der Waals surface area contributed by atoms with Gasteiger partial charge in [-0.25, -0.2) is 15.0 Å². The molecule has 0 fully saturated rings. The molecular formula is C20H25N5O. The van der Waals surface area contributed by atoms with Crippen LogP contribution in [0, 0.1) is 19.8 Å². The molecular weight excluding hydrogens is 326 g/mol. The first-order valence-electron chi connectivity index (χ1n) is 9.16. The van der Waals surface area contributed by atoms with Gasteiger partial charge in [0.1, 0.15) is 5.82 Å². The van der Waals surface area contributed by atoms with E-state index in [2.05, 4.69) is 39.3 Å². The molecule has 0 unspecified atom stereocenters. The molecule has 1 aliphatic rings. The highest BCUT2D eigenvalue weighted by atomic mass is 16.3. The maximum atomic E-state index is 9.58. The lowest BCUT2D eigenvalue weighted by molar-refractivity contribution is 0.281. The fourth-order valence-electron chi connectivity index (χ4n) is 3.91. The number of nitrogens with zero attached hydrogens (tertiary/aromatic N) is 5. The van der Waals surface area contributed by atoms with Crippen LogP contribution in [0.15, 0.2) is 24.4 Å². The van der Waals surface area contributed by atoms with E-state index in [1.165, 1.54) is 0 Å². The molecule has 0 radical (unpaired) electrons. The summed E-state index contributed by atoms with van der Waals surface area (Å²) in [6.07, 6.45) is 1.82. The summed E-state index contributed by atoms with van der Waals surface area (Å²) in [6.45, 7) is 10.2. The summed E-state index contributed by atoms with van der Waals surface area (Å²) < 4.78 is 2.32. The molecule has 3 aromatic rings. The lowest BCUT2D eigenvalue weighted by Gasteiger charge is -2.38. The number of imidazole rings is 1. The first-order valence-corrected chi connectivity index (χ1v) is 9.16. The highest BCUT2D eigenvalue weighted by Gasteiger charge is 2.34. The molecule has 1 aromatic carbocycles. The van der Waals surface area contributed by atoms with Gasteiger partial charge < -0.3 is 14.6 Å². The van der Waals surface area contributed by atoms with Crippen molar-refractivity contribution in [2.45, 2.75) is 46.9 Å². The van der Waals surface area contributed by atoms with Gasteiger partial charge in [-0.15, -0.1) is 0 Å². The highest BCUT2D eigenvalue weighted by Crippen LogP contribution is 2.36. The highest BCUT2D eigenvalue weighted by molar-refractivity contribution is 5.78. The van der Waals surface area contributed by atoms with Gasteiger partial charge in [-0.3, -0.25) is 0 Å². The second kappa shape index (κ2) is 6.36. The van der Waals surface area contributed by atoms with Crippen molar-refractivity contribution >= 4 is 17.0 Å². The zero-order valence-electron chi connectivity index (χ0n) is 15.8. The van der Waals surface area contributed by atoms with Crippen LogP contribution < -0.4 is 4.90 Å². The summed E-state index contributed by atoms with van der Waals surface area (Å²) >= 11 is 0. The number of aromatic nitrogens is 4. The van der Waals surface area contributed by atoms with Crippen LogP contribution in [0.2, 0.25) is 0 Å². The number of hydrogen-bond donors (Lipinski definition) is 1. The predicted octanol–water partition coefficient (Wildman–Crippen LogP) is 3.15. The Kier molecular flexibility index (Phi) is 4.15. The van der Waals surface area contributed by atoms with Crippen LogP contribution in [-0.4, -0.2) is 31.2 Å². The van der Waals surface area contributed by atoms with Crippen molar-refractivity contribution in [1.29, 1.82) is 0 Å².